The van der Waals surface area contributed by atoms with Crippen LogP contribution in [0.2, 0.25) is 5.02 Å². The molecule has 0 spiro atoms. The van der Waals surface area contributed by atoms with Crippen molar-refractivity contribution in [1.82, 2.24) is 24.3 Å². The molecule has 224 valence electrons. The highest BCUT2D eigenvalue weighted by molar-refractivity contribution is 7.99. The van der Waals surface area contributed by atoms with Gasteiger partial charge in [-0.3, -0.25) is 9.88 Å². The number of rotatable bonds is 10. The first-order valence-electron chi connectivity index (χ1n) is 14.9. The van der Waals surface area contributed by atoms with Crippen LogP contribution in [-0.4, -0.2) is 83.3 Å². The van der Waals surface area contributed by atoms with Crippen LogP contribution in [0.15, 0.2) is 59.0 Å². The molecule has 11 heteroatoms. The quantitative estimate of drug-likeness (QED) is 0.230. The van der Waals surface area contributed by atoms with Crippen molar-refractivity contribution in [3.8, 4) is 11.8 Å². The van der Waals surface area contributed by atoms with Crippen molar-refractivity contribution in [1.29, 1.82) is 5.26 Å². The largest absolute Gasteiger partial charge is 0.490 e. The minimum Gasteiger partial charge on any atom is -0.490 e. The molecule has 2 fully saturated rings. The lowest BCUT2D eigenvalue weighted by Gasteiger charge is -2.34. The second kappa shape index (κ2) is 13.4. The van der Waals surface area contributed by atoms with E-state index in [1.54, 1.807) is 12.4 Å². The van der Waals surface area contributed by atoms with Crippen molar-refractivity contribution < 1.29 is 4.74 Å². The highest BCUT2D eigenvalue weighted by atomic mass is 35.5. The molecule has 4 aromatic rings. The van der Waals surface area contributed by atoms with Gasteiger partial charge in [0, 0.05) is 87.4 Å². The SMILES string of the molecule is CCN1CCN(CCOc2cc3c(Nc4ccc(Sc5nccn5C)c(Cl)c4)c(C#N)cnc3cc2N2CCCC2)CC1. The van der Waals surface area contributed by atoms with Crippen LogP contribution in [0.3, 0.4) is 0 Å². The fraction of sp³-hybridized carbons (Fsp3) is 0.406. The van der Waals surface area contributed by atoms with Crippen LogP contribution in [0.1, 0.15) is 25.3 Å². The zero-order chi connectivity index (χ0) is 29.8. The number of imidazole rings is 1. The Morgan fingerprint density at radius 1 is 1.05 bits per heavy atom. The van der Waals surface area contributed by atoms with Gasteiger partial charge >= 0.3 is 0 Å². The van der Waals surface area contributed by atoms with E-state index in [-0.39, 0.29) is 0 Å². The van der Waals surface area contributed by atoms with Gasteiger partial charge in [-0.2, -0.15) is 5.26 Å². The van der Waals surface area contributed by atoms with E-state index >= 15 is 0 Å². The minimum atomic E-state index is 0.462. The Morgan fingerprint density at radius 3 is 2.53 bits per heavy atom. The molecule has 4 heterocycles. The average Bonchev–Trinajstić information content (AvgIpc) is 3.71. The molecule has 6 rings (SSSR count). The topological polar surface area (TPSA) is 85.5 Å². The fourth-order valence-corrected chi connectivity index (χ4v) is 6.82. The summed E-state index contributed by atoms with van der Waals surface area (Å²) < 4.78 is 8.48. The Morgan fingerprint density at radius 2 is 1.84 bits per heavy atom. The molecule has 0 aliphatic carbocycles. The molecule has 2 aliphatic heterocycles. The number of nitrogens with zero attached hydrogens (tertiary/aromatic N) is 7. The number of hydrogen-bond acceptors (Lipinski definition) is 9. The Hall–Kier alpha value is -3.49. The monoisotopic (exact) mass is 616 g/mol. The van der Waals surface area contributed by atoms with E-state index in [2.05, 4.69) is 55.1 Å². The van der Waals surface area contributed by atoms with Crippen LogP contribution in [0.25, 0.3) is 10.9 Å². The second-order valence-corrected chi connectivity index (χ2v) is 12.4. The lowest BCUT2D eigenvalue weighted by molar-refractivity contribution is 0.121. The van der Waals surface area contributed by atoms with E-state index in [1.807, 2.05) is 36.0 Å². The minimum absolute atomic E-state index is 0.462. The predicted octanol–water partition coefficient (Wildman–Crippen LogP) is 6.00. The van der Waals surface area contributed by atoms with Gasteiger partial charge < -0.3 is 24.4 Å². The first-order chi connectivity index (χ1) is 21.0. The highest BCUT2D eigenvalue weighted by Gasteiger charge is 2.21. The van der Waals surface area contributed by atoms with Gasteiger partial charge in [-0.1, -0.05) is 30.3 Å². The fourth-order valence-electron chi connectivity index (χ4n) is 5.72. The number of ether oxygens (including phenoxy) is 1. The lowest BCUT2D eigenvalue weighted by atomic mass is 10.1. The molecule has 0 atom stereocenters. The third-order valence-electron chi connectivity index (χ3n) is 8.27. The third-order valence-corrected chi connectivity index (χ3v) is 9.85. The zero-order valence-electron chi connectivity index (χ0n) is 24.7. The van der Waals surface area contributed by atoms with Gasteiger partial charge in [0.05, 0.1) is 27.5 Å². The highest BCUT2D eigenvalue weighted by Crippen LogP contribution is 2.40. The number of hydrogen-bond donors (Lipinski definition) is 1. The third kappa shape index (κ3) is 6.70. The van der Waals surface area contributed by atoms with Gasteiger partial charge in [-0.15, -0.1) is 0 Å². The number of likely N-dealkylation sites (N-methyl/N-ethyl adjacent to an activating group) is 1. The molecule has 2 saturated heterocycles. The van der Waals surface area contributed by atoms with Crippen molar-refractivity contribution >= 4 is 51.3 Å². The zero-order valence-corrected chi connectivity index (χ0v) is 26.3. The van der Waals surface area contributed by atoms with Crippen LogP contribution >= 0.6 is 23.4 Å². The maximum atomic E-state index is 10.0. The molecule has 1 N–H and O–H groups in total. The number of halogens is 1. The predicted molar refractivity (Wildman–Crippen MR) is 174 cm³/mol. The van der Waals surface area contributed by atoms with Gasteiger partial charge in [-0.25, -0.2) is 4.98 Å². The first kappa shape index (κ1) is 29.6. The number of aromatic nitrogens is 3. The summed E-state index contributed by atoms with van der Waals surface area (Å²) in [7, 11) is 1.96. The molecule has 0 radical (unpaired) electrons. The summed E-state index contributed by atoms with van der Waals surface area (Å²) in [6.07, 6.45) is 7.65. The number of nitrogens with one attached hydrogen (secondary N) is 1. The maximum Gasteiger partial charge on any atom is 0.172 e. The number of pyridine rings is 1. The summed E-state index contributed by atoms with van der Waals surface area (Å²) in [5.41, 5.74) is 3.84. The Labute approximate surface area is 262 Å². The molecule has 2 aromatic carbocycles. The van der Waals surface area contributed by atoms with Crippen molar-refractivity contribution in [3.63, 3.8) is 0 Å². The average molecular weight is 617 g/mol. The van der Waals surface area contributed by atoms with Crippen LogP contribution in [-0.2, 0) is 7.05 Å². The second-order valence-electron chi connectivity index (χ2n) is 11.0. The van der Waals surface area contributed by atoms with E-state index in [1.165, 1.54) is 24.6 Å². The summed E-state index contributed by atoms with van der Waals surface area (Å²) in [6, 6.07) is 12.3. The molecule has 0 saturated carbocycles. The number of nitriles is 1. The van der Waals surface area contributed by atoms with E-state index in [4.69, 9.17) is 16.3 Å². The maximum absolute atomic E-state index is 10.0. The van der Waals surface area contributed by atoms with Gasteiger partial charge in [0.15, 0.2) is 5.16 Å². The molecule has 2 aromatic heterocycles. The van der Waals surface area contributed by atoms with Crippen LogP contribution in [0, 0.1) is 11.3 Å². The number of aryl methyl sites for hydroxylation is 1. The van der Waals surface area contributed by atoms with Gasteiger partial charge in [0.25, 0.3) is 0 Å². The van der Waals surface area contributed by atoms with Gasteiger partial charge in [0.1, 0.15) is 18.4 Å². The summed E-state index contributed by atoms with van der Waals surface area (Å²) in [6.45, 7) is 11.2. The Balaban J connectivity index is 1.28. The van der Waals surface area contributed by atoms with Crippen molar-refractivity contribution in [3.05, 3.63) is 59.5 Å². The smallest absolute Gasteiger partial charge is 0.172 e. The Bertz CT molecular complexity index is 1620. The van der Waals surface area contributed by atoms with Gasteiger partial charge in [-0.05, 0) is 49.7 Å². The normalized spacial score (nSPS) is 16.1. The number of benzene rings is 2. The lowest BCUT2D eigenvalue weighted by Crippen LogP contribution is -2.47. The first-order valence-corrected chi connectivity index (χ1v) is 16.1. The molecular weight excluding hydrogens is 580 g/mol. The van der Waals surface area contributed by atoms with Gasteiger partial charge in [0.2, 0.25) is 0 Å². The van der Waals surface area contributed by atoms with E-state index in [9.17, 15) is 5.26 Å². The van der Waals surface area contributed by atoms with Crippen LogP contribution in [0.4, 0.5) is 17.1 Å². The van der Waals surface area contributed by atoms with E-state index < -0.39 is 0 Å². The summed E-state index contributed by atoms with van der Waals surface area (Å²) in [4.78, 5) is 17.3. The number of piperazine rings is 1. The molecule has 9 nitrogen and oxygen atoms in total. The van der Waals surface area contributed by atoms with E-state index in [0.29, 0.717) is 22.9 Å². The summed E-state index contributed by atoms with van der Waals surface area (Å²) in [5.74, 6) is 0.835. The standard InChI is InChI=1S/C32H37ClN8OS/c1-3-39-12-14-40(15-13-39)16-17-42-29-19-25-27(20-28(29)41-9-4-5-10-41)36-22-23(21-34)31(25)37-24-6-7-30(26(33)18-24)43-32-35-8-11-38(32)2/h6-8,11,18-20,22H,3-5,9-10,12-17H2,1-2H3,(H,36,37). The summed E-state index contributed by atoms with van der Waals surface area (Å²) in [5, 5.41) is 15.8. The number of anilines is 3. The van der Waals surface area contributed by atoms with Crippen molar-refractivity contribution in [2.45, 2.75) is 29.8 Å². The van der Waals surface area contributed by atoms with E-state index in [0.717, 1.165) is 90.4 Å². The Kier molecular flexibility index (Phi) is 9.24. The summed E-state index contributed by atoms with van der Waals surface area (Å²) >= 11 is 8.22. The van der Waals surface area contributed by atoms with Crippen LogP contribution in [0.5, 0.6) is 5.75 Å². The molecule has 0 bridgehead atoms. The molecular formula is C32H37ClN8OS. The molecule has 0 unspecified atom stereocenters. The van der Waals surface area contributed by atoms with Crippen molar-refractivity contribution in [2.75, 3.05) is 69.2 Å². The molecule has 0 amide bonds. The van der Waals surface area contributed by atoms with Crippen LogP contribution < -0.4 is 15.0 Å². The molecule has 43 heavy (non-hydrogen) atoms. The number of fused-ring (bicyclic) bond motifs is 1. The van der Waals surface area contributed by atoms with Crippen molar-refractivity contribution in [2.24, 2.45) is 7.05 Å². The molecule has 2 aliphatic rings.